The predicted molar refractivity (Wildman–Crippen MR) is 80.5 cm³/mol. The number of carbonyl (C=O) groups excluding carboxylic acids is 1. The third kappa shape index (κ3) is 3.01. The molecule has 2 bridgehead atoms. The van der Waals surface area contributed by atoms with Gasteiger partial charge >= 0.3 is 0 Å². The van der Waals surface area contributed by atoms with Gasteiger partial charge < -0.3 is 15.5 Å². The van der Waals surface area contributed by atoms with Crippen molar-refractivity contribution in [1.82, 2.24) is 15.5 Å². The number of hydrogen-bond acceptors (Lipinski definition) is 3. The number of nitrogens with one attached hydrogen (secondary N) is 2. The summed E-state index contributed by atoms with van der Waals surface area (Å²) in [6, 6.07) is 1.85. The number of hydrogen-bond donors (Lipinski definition) is 2. The van der Waals surface area contributed by atoms with E-state index in [0.717, 1.165) is 24.8 Å². The number of amides is 1. The lowest BCUT2D eigenvalue weighted by molar-refractivity contribution is -0.122. The summed E-state index contributed by atoms with van der Waals surface area (Å²) in [6.07, 6.45) is 5.85. The molecule has 0 aromatic rings. The highest BCUT2D eigenvalue weighted by Gasteiger charge is 2.40. The first-order chi connectivity index (χ1) is 9.63. The Labute approximate surface area is 122 Å². The fraction of sp³-hybridized carbons (Fsp3) is 0.938. The van der Waals surface area contributed by atoms with Crippen LogP contribution in [0.2, 0.25) is 0 Å². The molecule has 1 saturated carbocycles. The zero-order chi connectivity index (χ0) is 14.1. The Balaban J connectivity index is 1.60. The van der Waals surface area contributed by atoms with E-state index >= 15 is 0 Å². The molecule has 1 amide bonds. The molecule has 2 N–H and O–H groups in total. The van der Waals surface area contributed by atoms with Crippen LogP contribution < -0.4 is 10.6 Å². The minimum atomic E-state index is 0.220. The fourth-order valence-electron chi connectivity index (χ4n) is 4.31. The number of rotatable bonds is 3. The molecule has 2 aliphatic heterocycles. The summed E-state index contributed by atoms with van der Waals surface area (Å²) in [5, 5.41) is 6.90. The summed E-state index contributed by atoms with van der Waals surface area (Å²) < 4.78 is 0. The Morgan fingerprint density at radius 2 is 1.90 bits per heavy atom. The van der Waals surface area contributed by atoms with Crippen molar-refractivity contribution in [3.8, 4) is 0 Å². The molecule has 2 heterocycles. The molecule has 4 heteroatoms. The average Bonchev–Trinajstić information content (AvgIpc) is 2.40. The largest absolute Gasteiger partial charge is 0.355 e. The van der Waals surface area contributed by atoms with E-state index in [-0.39, 0.29) is 5.91 Å². The van der Waals surface area contributed by atoms with E-state index in [0.29, 0.717) is 24.5 Å². The summed E-state index contributed by atoms with van der Waals surface area (Å²) in [5.41, 5.74) is 0. The smallest absolute Gasteiger partial charge is 0.220 e. The topological polar surface area (TPSA) is 44.4 Å². The van der Waals surface area contributed by atoms with Crippen LogP contribution in [0.25, 0.3) is 0 Å². The quantitative estimate of drug-likeness (QED) is 0.820. The van der Waals surface area contributed by atoms with Gasteiger partial charge in [-0.2, -0.15) is 0 Å². The SMILES string of the molecule is CC(C)N1CC2CCCC(C1)C2NC1CCC(=O)NC1. The summed E-state index contributed by atoms with van der Waals surface area (Å²) >= 11 is 0. The van der Waals surface area contributed by atoms with E-state index < -0.39 is 0 Å². The Bertz CT molecular complexity index is 334. The van der Waals surface area contributed by atoms with E-state index in [4.69, 9.17) is 0 Å². The van der Waals surface area contributed by atoms with E-state index in [1.807, 2.05) is 0 Å². The van der Waals surface area contributed by atoms with Crippen molar-refractivity contribution in [3.05, 3.63) is 0 Å². The third-order valence-electron chi connectivity index (χ3n) is 5.53. The van der Waals surface area contributed by atoms with Gasteiger partial charge in [-0.25, -0.2) is 0 Å². The van der Waals surface area contributed by atoms with E-state index in [2.05, 4.69) is 29.4 Å². The molecule has 114 valence electrons. The van der Waals surface area contributed by atoms with Crippen LogP contribution in [0.5, 0.6) is 0 Å². The molecule has 20 heavy (non-hydrogen) atoms. The Morgan fingerprint density at radius 3 is 2.45 bits per heavy atom. The second kappa shape index (κ2) is 6.02. The van der Waals surface area contributed by atoms with Crippen LogP contribution >= 0.6 is 0 Å². The van der Waals surface area contributed by atoms with Crippen molar-refractivity contribution in [2.45, 2.75) is 64.1 Å². The minimum absolute atomic E-state index is 0.220. The highest BCUT2D eigenvalue weighted by Crippen LogP contribution is 2.36. The van der Waals surface area contributed by atoms with Gasteiger partial charge in [0.2, 0.25) is 5.91 Å². The number of carbonyl (C=O) groups is 1. The van der Waals surface area contributed by atoms with Gasteiger partial charge in [0.15, 0.2) is 0 Å². The molecular weight excluding hydrogens is 250 g/mol. The second-order valence-electron chi connectivity index (χ2n) is 7.23. The predicted octanol–water partition coefficient (Wildman–Crippen LogP) is 1.36. The van der Waals surface area contributed by atoms with Gasteiger partial charge in [-0.3, -0.25) is 4.79 Å². The Hall–Kier alpha value is -0.610. The van der Waals surface area contributed by atoms with Crippen LogP contribution in [-0.2, 0) is 4.79 Å². The molecule has 0 spiro atoms. The molecule has 1 aliphatic carbocycles. The first-order valence-corrected chi connectivity index (χ1v) is 8.40. The first kappa shape index (κ1) is 14.3. The van der Waals surface area contributed by atoms with Crippen LogP contribution in [0.15, 0.2) is 0 Å². The van der Waals surface area contributed by atoms with Crippen LogP contribution in [-0.4, -0.2) is 48.6 Å². The summed E-state index contributed by atoms with van der Waals surface area (Å²) in [4.78, 5) is 13.9. The van der Waals surface area contributed by atoms with Gasteiger partial charge in [-0.05, 0) is 44.9 Å². The highest BCUT2D eigenvalue weighted by atomic mass is 16.1. The lowest BCUT2D eigenvalue weighted by Gasteiger charge is -2.50. The van der Waals surface area contributed by atoms with Gasteiger partial charge in [-0.15, -0.1) is 0 Å². The molecular formula is C16H29N3O. The van der Waals surface area contributed by atoms with Crippen molar-refractivity contribution in [3.63, 3.8) is 0 Å². The lowest BCUT2D eigenvalue weighted by Crippen LogP contribution is -2.61. The standard InChI is InChI=1S/C16H29N3O/c1-11(2)19-9-12-4-3-5-13(10-19)16(12)18-14-6-7-15(20)17-8-14/h11-14,16,18H,3-10H2,1-2H3,(H,17,20). The van der Waals surface area contributed by atoms with Crippen LogP contribution in [0, 0.1) is 11.8 Å². The zero-order valence-corrected chi connectivity index (χ0v) is 12.9. The van der Waals surface area contributed by atoms with Gasteiger partial charge in [0.25, 0.3) is 0 Å². The van der Waals surface area contributed by atoms with Gasteiger partial charge in [0.05, 0.1) is 0 Å². The van der Waals surface area contributed by atoms with Crippen molar-refractivity contribution in [2.24, 2.45) is 11.8 Å². The fourth-order valence-corrected chi connectivity index (χ4v) is 4.31. The van der Waals surface area contributed by atoms with Crippen molar-refractivity contribution < 1.29 is 4.79 Å². The van der Waals surface area contributed by atoms with Crippen molar-refractivity contribution in [1.29, 1.82) is 0 Å². The molecule has 4 nitrogen and oxygen atoms in total. The second-order valence-corrected chi connectivity index (χ2v) is 7.23. The number of nitrogens with zero attached hydrogens (tertiary/aromatic N) is 1. The molecule has 0 radical (unpaired) electrons. The molecule has 3 unspecified atom stereocenters. The third-order valence-corrected chi connectivity index (χ3v) is 5.53. The van der Waals surface area contributed by atoms with Crippen LogP contribution in [0.4, 0.5) is 0 Å². The van der Waals surface area contributed by atoms with Crippen molar-refractivity contribution >= 4 is 5.91 Å². The van der Waals surface area contributed by atoms with E-state index in [1.165, 1.54) is 32.4 Å². The number of likely N-dealkylation sites (tertiary alicyclic amines) is 1. The monoisotopic (exact) mass is 279 g/mol. The summed E-state index contributed by atoms with van der Waals surface area (Å²) in [7, 11) is 0. The lowest BCUT2D eigenvalue weighted by atomic mass is 9.72. The molecule has 3 rings (SSSR count). The number of piperidine rings is 2. The highest BCUT2D eigenvalue weighted by molar-refractivity contribution is 5.76. The Morgan fingerprint density at radius 1 is 1.20 bits per heavy atom. The summed E-state index contributed by atoms with van der Waals surface area (Å²) in [6.45, 7) is 7.97. The molecule has 3 aliphatic rings. The Kier molecular flexibility index (Phi) is 4.32. The maximum absolute atomic E-state index is 11.3. The van der Waals surface area contributed by atoms with E-state index in [9.17, 15) is 4.79 Å². The van der Waals surface area contributed by atoms with Crippen LogP contribution in [0.3, 0.4) is 0 Å². The molecule has 2 saturated heterocycles. The van der Waals surface area contributed by atoms with Gasteiger partial charge in [0.1, 0.15) is 0 Å². The van der Waals surface area contributed by atoms with Gasteiger partial charge in [0, 0.05) is 44.2 Å². The maximum atomic E-state index is 11.3. The summed E-state index contributed by atoms with van der Waals surface area (Å²) in [5.74, 6) is 1.84. The number of fused-ring (bicyclic) bond motifs is 2. The van der Waals surface area contributed by atoms with Gasteiger partial charge in [-0.1, -0.05) is 6.42 Å². The molecule has 0 aromatic heterocycles. The minimum Gasteiger partial charge on any atom is -0.355 e. The maximum Gasteiger partial charge on any atom is 0.220 e. The average molecular weight is 279 g/mol. The first-order valence-electron chi connectivity index (χ1n) is 8.40. The van der Waals surface area contributed by atoms with E-state index in [1.54, 1.807) is 0 Å². The molecule has 3 atom stereocenters. The molecule has 3 fully saturated rings. The van der Waals surface area contributed by atoms with Crippen molar-refractivity contribution in [2.75, 3.05) is 19.6 Å². The zero-order valence-electron chi connectivity index (χ0n) is 12.9. The normalized spacial score (nSPS) is 38.9. The molecule has 0 aromatic carbocycles. The van der Waals surface area contributed by atoms with Crippen LogP contribution in [0.1, 0.15) is 46.0 Å².